The van der Waals surface area contributed by atoms with Crippen LogP contribution < -0.4 is 9.80 Å². The Morgan fingerprint density at radius 3 is 2.45 bits per heavy atom. The first-order valence-electron chi connectivity index (χ1n) is 10.2. The van der Waals surface area contributed by atoms with E-state index in [1.165, 1.54) is 11.3 Å². The summed E-state index contributed by atoms with van der Waals surface area (Å²) in [5, 5.41) is 1.20. The first-order chi connectivity index (χ1) is 15.1. The molecule has 4 aromatic rings. The van der Waals surface area contributed by atoms with Gasteiger partial charge in [-0.05, 0) is 61.9 Å². The van der Waals surface area contributed by atoms with Crippen molar-refractivity contribution in [1.82, 2.24) is 9.97 Å². The second-order valence-electron chi connectivity index (χ2n) is 7.05. The first-order valence-corrected chi connectivity index (χ1v) is 11.4. The fourth-order valence-electron chi connectivity index (χ4n) is 3.48. The molecule has 0 fully saturated rings. The van der Waals surface area contributed by atoms with Gasteiger partial charge in [0.1, 0.15) is 5.52 Å². The van der Waals surface area contributed by atoms with Crippen LogP contribution in [0.5, 0.6) is 0 Å². The second kappa shape index (κ2) is 9.45. The molecule has 0 radical (unpaired) electrons. The molecular formula is C24H23ClN4OS. The Hall–Kier alpha value is -2.96. The highest BCUT2D eigenvalue weighted by Gasteiger charge is 2.22. The van der Waals surface area contributed by atoms with Crippen LogP contribution in [-0.4, -0.2) is 29.0 Å². The summed E-state index contributed by atoms with van der Waals surface area (Å²) in [6.45, 7) is 6.46. The van der Waals surface area contributed by atoms with Gasteiger partial charge in [0.25, 0.3) is 5.91 Å². The molecule has 31 heavy (non-hydrogen) atoms. The first kappa shape index (κ1) is 21.3. The zero-order valence-corrected chi connectivity index (χ0v) is 19.0. The van der Waals surface area contributed by atoms with Gasteiger partial charge in [0.2, 0.25) is 0 Å². The Labute approximate surface area is 190 Å². The number of benzene rings is 2. The van der Waals surface area contributed by atoms with Crippen LogP contribution in [0.15, 0.2) is 67.0 Å². The van der Waals surface area contributed by atoms with Crippen molar-refractivity contribution in [3.05, 3.63) is 83.1 Å². The van der Waals surface area contributed by atoms with Crippen molar-refractivity contribution in [1.29, 1.82) is 0 Å². The number of hydrogen-bond acceptors (Lipinski definition) is 5. The van der Waals surface area contributed by atoms with Crippen molar-refractivity contribution in [2.24, 2.45) is 0 Å². The maximum atomic E-state index is 13.6. The summed E-state index contributed by atoms with van der Waals surface area (Å²) >= 11 is 7.79. The quantitative estimate of drug-likeness (QED) is 0.344. The molecule has 0 spiro atoms. The van der Waals surface area contributed by atoms with Gasteiger partial charge >= 0.3 is 0 Å². The largest absolute Gasteiger partial charge is 0.372 e. The van der Waals surface area contributed by atoms with E-state index in [1.807, 2.05) is 54.6 Å². The minimum Gasteiger partial charge on any atom is -0.372 e. The molecule has 2 heterocycles. The molecule has 2 aromatic carbocycles. The van der Waals surface area contributed by atoms with Crippen molar-refractivity contribution < 1.29 is 4.79 Å². The fourth-order valence-corrected chi connectivity index (χ4v) is 4.74. The molecule has 4 rings (SSSR count). The summed E-state index contributed by atoms with van der Waals surface area (Å²) in [7, 11) is 0. The molecule has 7 heteroatoms. The highest BCUT2D eigenvalue weighted by Crippen LogP contribution is 2.34. The summed E-state index contributed by atoms with van der Waals surface area (Å²) in [6, 6.07) is 17.3. The topological polar surface area (TPSA) is 49.3 Å². The summed E-state index contributed by atoms with van der Waals surface area (Å²) in [5.74, 6) is -0.106. The average Bonchev–Trinajstić information content (AvgIpc) is 3.24. The number of carbonyl (C=O) groups is 1. The molecule has 0 bridgehead atoms. The molecule has 0 aliphatic heterocycles. The van der Waals surface area contributed by atoms with Crippen LogP contribution in [0, 0.1) is 0 Å². The molecule has 0 N–H and O–H groups in total. The van der Waals surface area contributed by atoms with Gasteiger partial charge in [0.05, 0.1) is 16.3 Å². The van der Waals surface area contributed by atoms with E-state index in [4.69, 9.17) is 16.6 Å². The minimum absolute atomic E-state index is 0.106. The number of fused-ring (bicyclic) bond motifs is 1. The summed E-state index contributed by atoms with van der Waals surface area (Å²) in [4.78, 5) is 26.4. The minimum atomic E-state index is -0.106. The lowest BCUT2D eigenvalue weighted by molar-refractivity contribution is 0.0985. The van der Waals surface area contributed by atoms with Gasteiger partial charge in [-0.3, -0.25) is 14.7 Å². The van der Waals surface area contributed by atoms with Crippen LogP contribution >= 0.6 is 22.9 Å². The molecule has 0 aliphatic carbocycles. The van der Waals surface area contributed by atoms with E-state index < -0.39 is 0 Å². The molecule has 0 saturated heterocycles. The fraction of sp³-hybridized carbons (Fsp3) is 0.208. The number of nitrogens with zero attached hydrogens (tertiary/aromatic N) is 4. The number of halogens is 1. The smallest absolute Gasteiger partial charge is 0.260 e. The number of pyridine rings is 1. The van der Waals surface area contributed by atoms with Gasteiger partial charge in [0.15, 0.2) is 5.13 Å². The van der Waals surface area contributed by atoms with Gasteiger partial charge < -0.3 is 4.90 Å². The lowest BCUT2D eigenvalue weighted by Gasteiger charge is -2.22. The van der Waals surface area contributed by atoms with E-state index in [0.717, 1.165) is 29.0 Å². The Bertz CT molecular complexity index is 1170. The van der Waals surface area contributed by atoms with E-state index in [0.29, 0.717) is 27.8 Å². The monoisotopic (exact) mass is 450 g/mol. The summed E-state index contributed by atoms with van der Waals surface area (Å²) in [6.07, 6.45) is 3.49. The molecule has 2 aromatic heterocycles. The number of thiazole rings is 1. The maximum absolute atomic E-state index is 13.6. The highest BCUT2D eigenvalue weighted by molar-refractivity contribution is 7.22. The molecule has 0 saturated carbocycles. The van der Waals surface area contributed by atoms with E-state index in [1.54, 1.807) is 17.3 Å². The number of anilines is 2. The Kier molecular flexibility index (Phi) is 6.49. The standard InChI is InChI=1S/C24H23ClN4OS/c1-3-28(4-2)19-12-10-18(11-13-19)23(30)29(16-17-7-6-14-26-15-17)24-27-22-20(25)8-5-9-21(22)31-24/h5-15H,3-4,16H2,1-2H3. The SMILES string of the molecule is CCN(CC)c1ccc(C(=O)N(Cc2cccnc2)c2nc3c(Cl)cccc3s2)cc1. The van der Waals surface area contributed by atoms with Crippen molar-refractivity contribution in [3.8, 4) is 0 Å². The van der Waals surface area contributed by atoms with Crippen LogP contribution in [0.1, 0.15) is 29.8 Å². The third-order valence-corrected chi connectivity index (χ3v) is 6.49. The normalized spacial score (nSPS) is 10.9. The van der Waals surface area contributed by atoms with Crippen molar-refractivity contribution >= 4 is 49.9 Å². The zero-order valence-electron chi connectivity index (χ0n) is 17.5. The molecular weight excluding hydrogens is 428 g/mol. The Morgan fingerprint density at radius 1 is 1.03 bits per heavy atom. The number of rotatable bonds is 7. The molecule has 1 amide bonds. The van der Waals surface area contributed by atoms with Crippen LogP contribution in [0.3, 0.4) is 0 Å². The van der Waals surface area contributed by atoms with Crippen molar-refractivity contribution in [2.45, 2.75) is 20.4 Å². The molecule has 0 aliphatic rings. The van der Waals surface area contributed by atoms with Gasteiger partial charge in [-0.2, -0.15) is 0 Å². The van der Waals surface area contributed by atoms with E-state index in [2.05, 4.69) is 23.7 Å². The third kappa shape index (κ3) is 4.55. The Morgan fingerprint density at radius 2 is 1.81 bits per heavy atom. The Balaban J connectivity index is 1.71. The number of aromatic nitrogens is 2. The van der Waals surface area contributed by atoms with Crippen LogP contribution in [-0.2, 0) is 6.54 Å². The van der Waals surface area contributed by atoms with E-state index in [9.17, 15) is 4.79 Å². The average molecular weight is 451 g/mol. The number of hydrogen-bond donors (Lipinski definition) is 0. The summed E-state index contributed by atoms with van der Waals surface area (Å²) < 4.78 is 0.948. The van der Waals surface area contributed by atoms with E-state index in [-0.39, 0.29) is 5.91 Å². The highest BCUT2D eigenvalue weighted by atomic mass is 35.5. The summed E-state index contributed by atoms with van der Waals surface area (Å²) in [5.41, 5.74) is 3.36. The van der Waals surface area contributed by atoms with Crippen molar-refractivity contribution in [2.75, 3.05) is 22.9 Å². The number of amides is 1. The number of carbonyl (C=O) groups excluding carboxylic acids is 1. The van der Waals surface area contributed by atoms with Crippen LogP contribution in [0.25, 0.3) is 10.2 Å². The van der Waals surface area contributed by atoms with Gasteiger partial charge in [-0.25, -0.2) is 4.98 Å². The zero-order chi connectivity index (χ0) is 21.8. The van der Waals surface area contributed by atoms with Gasteiger partial charge in [-0.1, -0.05) is 35.1 Å². The van der Waals surface area contributed by atoms with Crippen molar-refractivity contribution in [3.63, 3.8) is 0 Å². The predicted molar refractivity (Wildman–Crippen MR) is 129 cm³/mol. The molecule has 0 atom stereocenters. The maximum Gasteiger partial charge on any atom is 0.260 e. The molecule has 158 valence electrons. The molecule has 5 nitrogen and oxygen atoms in total. The second-order valence-corrected chi connectivity index (χ2v) is 8.47. The third-order valence-electron chi connectivity index (χ3n) is 5.14. The molecule has 0 unspecified atom stereocenters. The lowest BCUT2D eigenvalue weighted by atomic mass is 10.1. The van der Waals surface area contributed by atoms with Gasteiger partial charge in [-0.15, -0.1) is 0 Å². The van der Waals surface area contributed by atoms with Crippen LogP contribution in [0.4, 0.5) is 10.8 Å². The lowest BCUT2D eigenvalue weighted by Crippen LogP contribution is -2.30. The van der Waals surface area contributed by atoms with Crippen LogP contribution in [0.2, 0.25) is 5.02 Å². The van der Waals surface area contributed by atoms with E-state index >= 15 is 0 Å². The van der Waals surface area contributed by atoms with Gasteiger partial charge in [0, 0.05) is 36.7 Å². The predicted octanol–water partition coefficient (Wildman–Crippen LogP) is 6.04. The number of para-hydroxylation sites is 1.